The van der Waals surface area contributed by atoms with Crippen LogP contribution in [0.4, 0.5) is 0 Å². The number of rotatable bonds is 0. The lowest BCUT2D eigenvalue weighted by molar-refractivity contribution is 0.616. The van der Waals surface area contributed by atoms with Gasteiger partial charge in [-0.15, -0.1) is 0 Å². The van der Waals surface area contributed by atoms with Gasteiger partial charge in [-0.25, -0.2) is 0 Å². The molecular weight excluding hydrogens is 474 g/mol. The zero-order valence-corrected chi connectivity index (χ0v) is 15.1. The van der Waals surface area contributed by atoms with Gasteiger partial charge in [0, 0.05) is 42.6 Å². The van der Waals surface area contributed by atoms with Crippen molar-refractivity contribution in [2.45, 2.75) is 6.42 Å². The van der Waals surface area contributed by atoms with Crippen LogP contribution in [0, 0.1) is 0 Å². The number of halogens is 2. The number of furan rings is 1. The Kier molecular flexibility index (Phi) is 6.59. The Morgan fingerprint density at radius 3 is 2.40 bits per heavy atom. The van der Waals surface area contributed by atoms with Crippen LogP contribution < -0.4 is 0 Å². The van der Waals surface area contributed by atoms with E-state index in [1.807, 2.05) is 30.3 Å². The van der Waals surface area contributed by atoms with E-state index in [-0.39, 0.29) is 0 Å². The molecule has 0 N–H and O–H groups in total. The van der Waals surface area contributed by atoms with Gasteiger partial charge >= 0.3 is 0 Å². The third-order valence-electron chi connectivity index (χ3n) is 3.05. The van der Waals surface area contributed by atoms with Crippen molar-refractivity contribution in [3.8, 4) is 0 Å². The Morgan fingerprint density at radius 2 is 1.60 bits per heavy atom. The first-order valence-electron chi connectivity index (χ1n) is 6.24. The van der Waals surface area contributed by atoms with Gasteiger partial charge in [0.25, 0.3) is 0 Å². The summed E-state index contributed by atoms with van der Waals surface area (Å²) in [5.41, 5.74) is 3.80. The monoisotopic (exact) mass is 488 g/mol. The summed E-state index contributed by atoms with van der Waals surface area (Å²) >= 11 is 4.24. The molecule has 0 spiro atoms. The van der Waals surface area contributed by atoms with Gasteiger partial charge in [-0.2, -0.15) is 0 Å². The molecule has 0 bridgehead atoms. The zero-order chi connectivity index (χ0) is 14.2. The number of para-hydroxylation sites is 1. The fourth-order valence-corrected chi connectivity index (χ4v) is 2.10. The number of allylic oxidation sites excluding steroid dienone is 1. The van der Waals surface area contributed by atoms with Crippen LogP contribution in [-0.2, 0) is 6.42 Å². The molecule has 1 aliphatic rings. The molecule has 0 saturated carbocycles. The van der Waals surface area contributed by atoms with Gasteiger partial charge in [0.2, 0.25) is 0 Å². The van der Waals surface area contributed by atoms with E-state index in [4.69, 9.17) is 4.42 Å². The summed E-state index contributed by atoms with van der Waals surface area (Å²) < 4.78 is 5.12. The Labute approximate surface area is 142 Å². The van der Waals surface area contributed by atoms with Gasteiger partial charge in [0.15, 0.2) is 0 Å². The smallest absolute Gasteiger partial charge is 0.133 e. The van der Waals surface area contributed by atoms with Crippen LogP contribution in [0.2, 0.25) is 0 Å². The van der Waals surface area contributed by atoms with Gasteiger partial charge in [-0.3, -0.25) is 0 Å². The second kappa shape index (κ2) is 8.46. The molecular formula is C17H14I2O. The van der Waals surface area contributed by atoms with E-state index in [1.54, 1.807) is 6.26 Å². The fraction of sp³-hybridized carbons (Fsp3) is 0.0588. The summed E-state index contributed by atoms with van der Waals surface area (Å²) in [4.78, 5) is 0. The van der Waals surface area contributed by atoms with Crippen molar-refractivity contribution in [1.82, 2.24) is 0 Å². The van der Waals surface area contributed by atoms with Crippen LogP contribution in [0.15, 0.2) is 71.4 Å². The fourth-order valence-electron chi connectivity index (χ4n) is 2.10. The number of hydrogen-bond donors (Lipinski definition) is 0. The maximum Gasteiger partial charge on any atom is 0.133 e. The summed E-state index contributed by atoms with van der Waals surface area (Å²) in [5, 5.41) is 1.16. The second-order valence-corrected chi connectivity index (χ2v) is 4.26. The largest absolute Gasteiger partial charge is 0.464 e. The molecule has 0 amide bonds. The molecule has 1 nitrogen and oxygen atoms in total. The van der Waals surface area contributed by atoms with Crippen LogP contribution in [0.3, 0.4) is 0 Å². The third kappa shape index (κ3) is 4.09. The lowest BCUT2D eigenvalue weighted by atomic mass is 10.1. The van der Waals surface area contributed by atoms with Gasteiger partial charge in [-0.1, -0.05) is 54.6 Å². The highest BCUT2D eigenvalue weighted by atomic mass is 128. The topological polar surface area (TPSA) is 13.1 Å². The van der Waals surface area contributed by atoms with Gasteiger partial charge in [0.1, 0.15) is 5.58 Å². The van der Waals surface area contributed by atoms with Crippen molar-refractivity contribution < 1.29 is 4.42 Å². The van der Waals surface area contributed by atoms with E-state index in [9.17, 15) is 0 Å². The predicted molar refractivity (Wildman–Crippen MR) is 103 cm³/mol. The average Bonchev–Trinajstić information content (AvgIpc) is 3.18. The maximum atomic E-state index is 5.12. The summed E-state index contributed by atoms with van der Waals surface area (Å²) in [6.45, 7) is 0. The molecule has 1 aromatic heterocycles. The molecule has 3 heteroatoms. The van der Waals surface area contributed by atoms with Crippen molar-refractivity contribution in [3.05, 3.63) is 78.1 Å². The van der Waals surface area contributed by atoms with Crippen molar-refractivity contribution in [3.63, 3.8) is 0 Å². The molecule has 2 aromatic carbocycles. The highest BCUT2D eigenvalue weighted by Gasteiger charge is 2.00. The van der Waals surface area contributed by atoms with Gasteiger partial charge in [0.05, 0.1) is 6.26 Å². The Morgan fingerprint density at radius 1 is 0.850 bits per heavy atom. The minimum atomic E-state index is 0.956. The molecule has 0 radical (unpaired) electrons. The van der Waals surface area contributed by atoms with Crippen molar-refractivity contribution >= 4 is 54.3 Å². The minimum Gasteiger partial charge on any atom is -0.464 e. The summed E-state index contributed by atoms with van der Waals surface area (Å²) in [6.07, 6.45) is 7.20. The third-order valence-corrected chi connectivity index (χ3v) is 3.05. The molecule has 0 fully saturated rings. The molecule has 0 unspecified atom stereocenters. The molecule has 0 aliphatic heterocycles. The predicted octanol–water partition coefficient (Wildman–Crippen LogP) is 6.46. The molecule has 3 aromatic rings. The Hall–Kier alpha value is -0.820. The molecule has 102 valence electrons. The van der Waals surface area contributed by atoms with Gasteiger partial charge in [-0.05, 0) is 29.7 Å². The van der Waals surface area contributed by atoms with E-state index < -0.39 is 0 Å². The van der Waals surface area contributed by atoms with E-state index >= 15 is 0 Å². The van der Waals surface area contributed by atoms with Crippen LogP contribution in [0.25, 0.3) is 17.0 Å². The first-order valence-corrected chi connectivity index (χ1v) is 12.5. The van der Waals surface area contributed by atoms with Crippen molar-refractivity contribution in [2.24, 2.45) is 0 Å². The van der Waals surface area contributed by atoms with Crippen LogP contribution in [0.1, 0.15) is 11.1 Å². The van der Waals surface area contributed by atoms with Crippen molar-refractivity contribution in [1.29, 1.82) is 0 Å². The van der Waals surface area contributed by atoms with E-state index in [1.165, 1.54) is 11.1 Å². The number of benzene rings is 2. The second-order valence-electron chi connectivity index (χ2n) is 4.26. The standard InChI is InChI=1S/C9H8.C8H6O.I2/c1-2-5-9-7-3-6-8(9)4-1;1-2-4-8-7(3-1)5-6-9-8;1-2/h1-6H,7H2;1-6H;. The van der Waals surface area contributed by atoms with Crippen molar-refractivity contribution in [2.75, 3.05) is 0 Å². The highest BCUT2D eigenvalue weighted by molar-refractivity contribution is 15.0. The minimum absolute atomic E-state index is 0.956. The molecule has 0 saturated heterocycles. The number of fused-ring (bicyclic) bond motifs is 2. The lowest BCUT2D eigenvalue weighted by Crippen LogP contribution is -1.76. The lowest BCUT2D eigenvalue weighted by Gasteiger charge is -1.93. The quantitative estimate of drug-likeness (QED) is 0.331. The van der Waals surface area contributed by atoms with E-state index in [0.29, 0.717) is 0 Å². The molecule has 1 aliphatic carbocycles. The highest BCUT2D eigenvalue weighted by Crippen LogP contribution is 2.17. The summed E-state index contributed by atoms with van der Waals surface area (Å²) in [7, 11) is 0. The maximum absolute atomic E-state index is 5.12. The molecule has 4 rings (SSSR count). The Balaban J connectivity index is 0.000000131. The summed E-state index contributed by atoms with van der Waals surface area (Å²) in [6, 6.07) is 18.4. The zero-order valence-electron chi connectivity index (χ0n) is 10.8. The summed E-state index contributed by atoms with van der Waals surface area (Å²) in [5.74, 6) is 0. The van der Waals surface area contributed by atoms with Crippen LogP contribution in [0.5, 0.6) is 0 Å². The Bertz CT molecular complexity index is 656. The molecule has 20 heavy (non-hydrogen) atoms. The first kappa shape index (κ1) is 15.6. The SMILES string of the molecule is C1=Cc2ccccc2C1.II.c1ccc2occc2c1. The number of hydrogen-bond acceptors (Lipinski definition) is 1. The van der Waals surface area contributed by atoms with Crippen LogP contribution >= 0.6 is 37.2 Å². The van der Waals surface area contributed by atoms with E-state index in [2.05, 4.69) is 73.6 Å². The normalized spacial score (nSPS) is 11.1. The van der Waals surface area contributed by atoms with Gasteiger partial charge < -0.3 is 4.42 Å². The molecule has 1 heterocycles. The molecule has 0 atom stereocenters. The van der Waals surface area contributed by atoms with E-state index in [0.717, 1.165) is 17.4 Å². The van der Waals surface area contributed by atoms with Crippen LogP contribution in [-0.4, -0.2) is 0 Å². The average molecular weight is 488 g/mol. The first-order chi connectivity index (χ1) is 9.93.